The molecule has 0 saturated heterocycles. The first-order chi connectivity index (χ1) is 12.6. The second kappa shape index (κ2) is 6.67. The lowest BCUT2D eigenvalue weighted by Gasteiger charge is -2.26. The maximum atomic E-state index is 12.4. The second-order valence-corrected chi connectivity index (χ2v) is 6.66. The topological polar surface area (TPSA) is 94.4 Å². The van der Waals surface area contributed by atoms with Crippen molar-refractivity contribution in [1.82, 2.24) is 19.5 Å². The summed E-state index contributed by atoms with van der Waals surface area (Å²) in [4.78, 5) is 24.6. The molecular weight excluding hydrogens is 330 g/mol. The summed E-state index contributed by atoms with van der Waals surface area (Å²) in [5.41, 5.74) is 9.31. The fourth-order valence-corrected chi connectivity index (χ4v) is 3.57. The van der Waals surface area contributed by atoms with E-state index in [1.807, 2.05) is 24.3 Å². The average Bonchev–Trinajstić information content (AvgIpc) is 2.96. The van der Waals surface area contributed by atoms with Crippen molar-refractivity contribution in [3.05, 3.63) is 64.2 Å². The zero-order valence-corrected chi connectivity index (χ0v) is 14.4. The van der Waals surface area contributed by atoms with Crippen LogP contribution in [0.5, 0.6) is 0 Å². The van der Waals surface area contributed by atoms with Crippen LogP contribution in [0, 0.1) is 0 Å². The van der Waals surface area contributed by atoms with Gasteiger partial charge in [0.1, 0.15) is 0 Å². The number of aromatic nitrogens is 3. The molecule has 0 bridgehead atoms. The molecule has 4 rings (SSSR count). The molecule has 1 unspecified atom stereocenters. The van der Waals surface area contributed by atoms with Crippen LogP contribution in [0.4, 0.5) is 5.69 Å². The van der Waals surface area contributed by atoms with Crippen molar-refractivity contribution in [1.29, 1.82) is 0 Å². The Morgan fingerprint density at radius 1 is 1.31 bits per heavy atom. The summed E-state index contributed by atoms with van der Waals surface area (Å²) in [7, 11) is 0. The predicted octanol–water partition coefficient (Wildman–Crippen LogP) is 1.66. The molecule has 2 heterocycles. The van der Waals surface area contributed by atoms with Gasteiger partial charge in [-0.2, -0.15) is 0 Å². The van der Waals surface area contributed by atoms with Crippen molar-refractivity contribution < 1.29 is 4.79 Å². The molecule has 0 radical (unpaired) electrons. The van der Waals surface area contributed by atoms with Gasteiger partial charge in [-0.15, -0.1) is 5.10 Å². The molecule has 7 heteroatoms. The van der Waals surface area contributed by atoms with Crippen molar-refractivity contribution in [2.45, 2.75) is 38.3 Å². The number of aryl methyl sites for hydroxylation is 2. The van der Waals surface area contributed by atoms with Gasteiger partial charge in [-0.3, -0.25) is 9.20 Å². The van der Waals surface area contributed by atoms with Crippen LogP contribution < -0.4 is 16.7 Å². The van der Waals surface area contributed by atoms with Crippen LogP contribution >= 0.6 is 0 Å². The van der Waals surface area contributed by atoms with Crippen LogP contribution in [-0.2, 0) is 17.8 Å². The third-order valence-corrected chi connectivity index (χ3v) is 4.86. The maximum absolute atomic E-state index is 12.4. The number of nitrogen functional groups attached to an aromatic ring is 1. The van der Waals surface area contributed by atoms with E-state index in [0.29, 0.717) is 5.65 Å². The van der Waals surface area contributed by atoms with Gasteiger partial charge in [0.2, 0.25) is 5.91 Å². The standard InChI is InChI=1S/C19H21N5O2/c20-14-7-8-15-13(12-14)4-3-5-16(15)21-18(25)9-11-24-19(26)23-10-2-1-6-17(23)22-24/h1-2,6-8,10,12,16H,3-5,9,11,20H2,(H,21,25). The number of nitrogens with zero attached hydrogens (tertiary/aromatic N) is 3. The van der Waals surface area contributed by atoms with E-state index in [2.05, 4.69) is 10.4 Å². The summed E-state index contributed by atoms with van der Waals surface area (Å²) in [5, 5.41) is 7.34. The van der Waals surface area contributed by atoms with E-state index in [9.17, 15) is 9.59 Å². The van der Waals surface area contributed by atoms with E-state index in [1.165, 1.54) is 14.6 Å². The first-order valence-corrected chi connectivity index (χ1v) is 8.84. The van der Waals surface area contributed by atoms with Gasteiger partial charge in [0.25, 0.3) is 0 Å². The highest BCUT2D eigenvalue weighted by atomic mass is 16.2. The zero-order chi connectivity index (χ0) is 18.1. The molecule has 7 nitrogen and oxygen atoms in total. The van der Waals surface area contributed by atoms with E-state index in [0.717, 1.165) is 30.5 Å². The Morgan fingerprint density at radius 2 is 2.19 bits per heavy atom. The molecule has 3 N–H and O–H groups in total. The smallest absolute Gasteiger partial charge is 0.350 e. The third kappa shape index (κ3) is 3.08. The molecule has 134 valence electrons. The molecule has 0 aliphatic heterocycles. The minimum atomic E-state index is -0.230. The average molecular weight is 351 g/mol. The van der Waals surface area contributed by atoms with Gasteiger partial charge in [0, 0.05) is 18.3 Å². The van der Waals surface area contributed by atoms with E-state index < -0.39 is 0 Å². The first kappa shape index (κ1) is 16.4. The Hall–Kier alpha value is -3.09. The number of anilines is 1. The lowest BCUT2D eigenvalue weighted by atomic mass is 9.87. The van der Waals surface area contributed by atoms with Gasteiger partial charge in [0.15, 0.2) is 5.65 Å². The highest BCUT2D eigenvalue weighted by molar-refractivity contribution is 5.76. The maximum Gasteiger partial charge on any atom is 0.350 e. The normalized spacial score (nSPS) is 16.4. The number of pyridine rings is 1. The van der Waals surface area contributed by atoms with Gasteiger partial charge in [0.05, 0.1) is 12.6 Å². The number of amides is 1. The van der Waals surface area contributed by atoms with Crippen LogP contribution in [0.15, 0.2) is 47.4 Å². The summed E-state index contributed by atoms with van der Waals surface area (Å²) in [6.07, 6.45) is 4.81. The number of nitrogens with one attached hydrogen (secondary N) is 1. The minimum Gasteiger partial charge on any atom is -0.399 e. The number of nitrogens with two attached hydrogens (primary N) is 1. The summed E-state index contributed by atoms with van der Waals surface area (Å²) < 4.78 is 2.81. The fraction of sp³-hybridized carbons (Fsp3) is 0.316. The Labute approximate surface area is 150 Å². The molecule has 26 heavy (non-hydrogen) atoms. The highest BCUT2D eigenvalue weighted by Crippen LogP contribution is 2.30. The lowest BCUT2D eigenvalue weighted by molar-refractivity contribution is -0.122. The van der Waals surface area contributed by atoms with E-state index in [-0.39, 0.29) is 30.6 Å². The van der Waals surface area contributed by atoms with E-state index in [1.54, 1.807) is 18.3 Å². The largest absolute Gasteiger partial charge is 0.399 e. The molecule has 0 spiro atoms. The van der Waals surface area contributed by atoms with E-state index >= 15 is 0 Å². The summed E-state index contributed by atoms with van der Waals surface area (Å²) in [6.45, 7) is 0.258. The van der Waals surface area contributed by atoms with Gasteiger partial charge in [-0.25, -0.2) is 9.48 Å². The molecule has 1 aliphatic carbocycles. The summed E-state index contributed by atoms with van der Waals surface area (Å²) in [6, 6.07) is 11.2. The van der Waals surface area contributed by atoms with Crippen molar-refractivity contribution in [2.75, 3.05) is 5.73 Å². The Balaban J connectivity index is 1.43. The number of fused-ring (bicyclic) bond motifs is 2. The van der Waals surface area contributed by atoms with Gasteiger partial charge < -0.3 is 11.1 Å². The SMILES string of the molecule is Nc1ccc2c(c1)CCCC2NC(=O)CCn1nc2ccccn2c1=O. The molecule has 0 saturated carbocycles. The van der Waals surface area contributed by atoms with Crippen molar-refractivity contribution in [2.24, 2.45) is 0 Å². The molecule has 1 aliphatic rings. The van der Waals surface area contributed by atoms with E-state index in [4.69, 9.17) is 5.73 Å². The number of carbonyl (C=O) groups is 1. The first-order valence-electron chi connectivity index (χ1n) is 8.84. The number of benzene rings is 1. The van der Waals surface area contributed by atoms with Crippen LogP contribution in [0.1, 0.15) is 36.4 Å². The Morgan fingerprint density at radius 3 is 3.04 bits per heavy atom. The van der Waals surface area contributed by atoms with Crippen molar-refractivity contribution >= 4 is 17.2 Å². The molecule has 0 fully saturated rings. The molecule has 1 aromatic carbocycles. The molecule has 1 atom stereocenters. The summed E-state index contributed by atoms with van der Waals surface area (Å²) in [5.74, 6) is -0.0800. The Kier molecular flexibility index (Phi) is 4.20. The Bertz CT molecular complexity index is 1020. The second-order valence-electron chi connectivity index (χ2n) is 6.66. The summed E-state index contributed by atoms with van der Waals surface area (Å²) >= 11 is 0. The van der Waals surface area contributed by atoms with Crippen LogP contribution in [0.3, 0.4) is 0 Å². The molecular formula is C19H21N5O2. The van der Waals surface area contributed by atoms with Crippen LogP contribution in [0.2, 0.25) is 0 Å². The monoisotopic (exact) mass is 351 g/mol. The third-order valence-electron chi connectivity index (χ3n) is 4.86. The van der Waals surface area contributed by atoms with Crippen LogP contribution in [-0.4, -0.2) is 20.1 Å². The predicted molar refractivity (Wildman–Crippen MR) is 98.7 cm³/mol. The fourth-order valence-electron chi connectivity index (χ4n) is 3.57. The molecule has 3 aromatic rings. The molecule has 1 amide bonds. The highest BCUT2D eigenvalue weighted by Gasteiger charge is 2.22. The minimum absolute atomic E-state index is 0.00430. The lowest BCUT2D eigenvalue weighted by Crippen LogP contribution is -2.32. The number of carbonyl (C=O) groups excluding carboxylic acids is 1. The zero-order valence-electron chi connectivity index (χ0n) is 14.4. The molecule has 2 aromatic heterocycles. The number of hydrogen-bond acceptors (Lipinski definition) is 4. The van der Waals surface area contributed by atoms with Gasteiger partial charge in [-0.05, 0) is 54.7 Å². The van der Waals surface area contributed by atoms with Crippen molar-refractivity contribution in [3.8, 4) is 0 Å². The van der Waals surface area contributed by atoms with Crippen LogP contribution in [0.25, 0.3) is 5.65 Å². The quantitative estimate of drug-likeness (QED) is 0.699. The van der Waals surface area contributed by atoms with Crippen molar-refractivity contribution in [3.63, 3.8) is 0 Å². The van der Waals surface area contributed by atoms with Gasteiger partial charge in [-0.1, -0.05) is 12.1 Å². The number of hydrogen-bond donors (Lipinski definition) is 2. The number of rotatable bonds is 4. The van der Waals surface area contributed by atoms with Gasteiger partial charge >= 0.3 is 5.69 Å².